The fourth-order valence-corrected chi connectivity index (χ4v) is 5.88. The van der Waals surface area contributed by atoms with Crippen molar-refractivity contribution in [3.63, 3.8) is 0 Å². The second-order valence-corrected chi connectivity index (χ2v) is 10.7. The Morgan fingerprint density at radius 3 is 2.06 bits per heavy atom. The predicted molar refractivity (Wildman–Crippen MR) is 142 cm³/mol. The van der Waals surface area contributed by atoms with Crippen molar-refractivity contribution >= 4 is 67.2 Å². The van der Waals surface area contributed by atoms with E-state index in [2.05, 4.69) is 29.6 Å². The zero-order valence-electron chi connectivity index (χ0n) is 18.9. The normalized spacial score (nSPS) is 11.3. The van der Waals surface area contributed by atoms with Crippen molar-refractivity contribution in [3.8, 4) is 11.1 Å². The van der Waals surface area contributed by atoms with E-state index in [1.165, 1.54) is 42.3 Å². The zero-order valence-corrected chi connectivity index (χ0v) is 21.2. The summed E-state index contributed by atoms with van der Waals surface area (Å²) < 4.78 is 27.7. The molecule has 2 N–H and O–H groups in total. The SMILES string of the molecule is CC(=O)Nc1ccc2ccccc2c1N(CC(=O)O)S(=O)(=O)c1cc(Cl)cc(Cl)c1.c1cc2cc-2c1. The first-order valence-corrected chi connectivity index (χ1v) is 12.9. The van der Waals surface area contributed by atoms with Gasteiger partial charge in [-0.25, -0.2) is 8.42 Å². The van der Waals surface area contributed by atoms with Crippen molar-refractivity contribution in [2.75, 3.05) is 16.2 Å². The lowest BCUT2D eigenvalue weighted by atomic mass is 10.1. The third-order valence-corrected chi connectivity index (χ3v) is 7.44. The van der Waals surface area contributed by atoms with Crippen molar-refractivity contribution in [2.24, 2.45) is 0 Å². The van der Waals surface area contributed by atoms with Crippen molar-refractivity contribution in [1.29, 1.82) is 0 Å². The number of carboxylic acid groups (broad SMARTS) is 1. The number of nitrogens with zero attached hydrogens (tertiary/aromatic N) is 1. The lowest BCUT2D eigenvalue weighted by molar-refractivity contribution is -0.135. The minimum atomic E-state index is -4.41. The molecular formula is C26H20Cl2N2O5S. The fraction of sp³-hybridized carbons (Fsp3) is 0.0769. The molecule has 0 saturated carbocycles. The van der Waals surface area contributed by atoms with E-state index in [1.807, 2.05) is 0 Å². The average molecular weight is 543 g/mol. The predicted octanol–water partition coefficient (Wildman–Crippen LogP) is 6.05. The monoisotopic (exact) mass is 542 g/mol. The Morgan fingerprint density at radius 1 is 0.889 bits per heavy atom. The number of hydrogen-bond acceptors (Lipinski definition) is 4. The Hall–Kier alpha value is -3.59. The largest absolute Gasteiger partial charge is 0.480 e. The maximum atomic E-state index is 13.5. The highest BCUT2D eigenvalue weighted by atomic mass is 35.5. The van der Waals surface area contributed by atoms with E-state index in [4.69, 9.17) is 23.2 Å². The number of hydrogen-bond donors (Lipinski definition) is 2. The molecule has 0 aromatic heterocycles. The number of carbonyl (C=O) groups excluding carboxylic acids is 1. The second kappa shape index (κ2) is 10.2. The van der Waals surface area contributed by atoms with Crippen LogP contribution in [0.3, 0.4) is 0 Å². The number of fused-ring (bicyclic) bond motifs is 2. The smallest absolute Gasteiger partial charge is 0.324 e. The van der Waals surface area contributed by atoms with Gasteiger partial charge in [0.25, 0.3) is 10.0 Å². The van der Waals surface area contributed by atoms with E-state index in [1.54, 1.807) is 30.3 Å². The molecule has 5 rings (SSSR count). The Balaban J connectivity index is 0.000000434. The van der Waals surface area contributed by atoms with Gasteiger partial charge in [0.2, 0.25) is 5.91 Å². The van der Waals surface area contributed by atoms with E-state index < -0.39 is 28.4 Å². The molecule has 3 aromatic rings. The summed E-state index contributed by atoms with van der Waals surface area (Å²) in [5.74, 6) is -1.82. The van der Waals surface area contributed by atoms with Crippen LogP contribution < -0.4 is 9.62 Å². The molecule has 10 heteroatoms. The Kier molecular flexibility index (Phi) is 7.21. The molecule has 0 unspecified atom stereocenters. The maximum Gasteiger partial charge on any atom is 0.324 e. The number of anilines is 2. The molecule has 0 fully saturated rings. The number of carboxylic acids is 1. The standard InChI is InChI=1S/C20H16Cl2N2O5S.C6H4/c1-12(25)23-18-7-6-13-4-2-3-5-17(13)20(18)24(11-19(26)27)30(28,29)16-9-14(21)8-15(22)10-16;1-2-5-4-6(5)3-1/h2-10H,11H2,1H3,(H,23,25)(H,26,27);1-4H. The first-order valence-electron chi connectivity index (χ1n) is 10.7. The molecule has 0 aliphatic heterocycles. The van der Waals surface area contributed by atoms with Gasteiger partial charge in [-0.15, -0.1) is 0 Å². The molecule has 2 aliphatic carbocycles. The van der Waals surface area contributed by atoms with Crippen LogP contribution in [0.25, 0.3) is 21.9 Å². The van der Waals surface area contributed by atoms with E-state index >= 15 is 0 Å². The number of nitrogens with one attached hydrogen (secondary N) is 1. The third-order valence-electron chi connectivity index (χ3n) is 5.28. The van der Waals surface area contributed by atoms with Crippen LogP contribution in [0, 0.1) is 0 Å². The molecule has 0 atom stereocenters. The van der Waals surface area contributed by atoms with E-state index in [0.717, 1.165) is 4.31 Å². The number of sulfonamides is 1. The Morgan fingerprint density at radius 2 is 1.53 bits per heavy atom. The maximum absolute atomic E-state index is 13.5. The van der Waals surface area contributed by atoms with Gasteiger partial charge < -0.3 is 10.4 Å². The topological polar surface area (TPSA) is 104 Å². The number of benzene rings is 4. The molecule has 0 heterocycles. The summed E-state index contributed by atoms with van der Waals surface area (Å²) in [4.78, 5) is 23.1. The third kappa shape index (κ3) is 5.62. The number of rotatable bonds is 6. The van der Waals surface area contributed by atoms with Gasteiger partial charge in [-0.3, -0.25) is 13.9 Å². The Labute approximate surface area is 217 Å². The summed E-state index contributed by atoms with van der Waals surface area (Å²) in [5, 5.41) is 13.3. The van der Waals surface area contributed by atoms with Crippen LogP contribution >= 0.6 is 23.2 Å². The minimum absolute atomic E-state index is 0.0294. The summed E-state index contributed by atoms with van der Waals surface area (Å²) in [7, 11) is -4.41. The molecule has 184 valence electrons. The average Bonchev–Trinajstić information content (AvgIpc) is 3.41. The summed E-state index contributed by atoms with van der Waals surface area (Å²) in [6.07, 6.45) is 0. The van der Waals surface area contributed by atoms with Gasteiger partial charge in [0, 0.05) is 22.4 Å². The summed E-state index contributed by atoms with van der Waals surface area (Å²) >= 11 is 11.9. The van der Waals surface area contributed by atoms with Gasteiger partial charge in [0.1, 0.15) is 6.54 Å². The van der Waals surface area contributed by atoms with Crippen LogP contribution in [0.15, 0.2) is 83.8 Å². The molecule has 0 radical (unpaired) electrons. The first-order chi connectivity index (χ1) is 17.1. The number of aliphatic carboxylic acids is 1. The molecule has 36 heavy (non-hydrogen) atoms. The van der Waals surface area contributed by atoms with Gasteiger partial charge in [-0.05, 0) is 46.8 Å². The van der Waals surface area contributed by atoms with Crippen LogP contribution in [0.1, 0.15) is 6.92 Å². The number of halogens is 2. The molecule has 2 aliphatic rings. The van der Waals surface area contributed by atoms with Crippen LogP contribution in [0.4, 0.5) is 11.4 Å². The Bertz CT molecular complexity index is 1570. The van der Waals surface area contributed by atoms with Crippen LogP contribution in [0.5, 0.6) is 0 Å². The summed E-state index contributed by atoms with van der Waals surface area (Å²) in [6, 6.07) is 22.3. The molecule has 3 aromatic carbocycles. The van der Waals surface area contributed by atoms with Crippen LogP contribution in [-0.4, -0.2) is 31.9 Å². The lowest BCUT2D eigenvalue weighted by Crippen LogP contribution is -2.36. The van der Waals surface area contributed by atoms with Crippen molar-refractivity contribution in [3.05, 3.63) is 88.9 Å². The molecule has 0 spiro atoms. The highest BCUT2D eigenvalue weighted by Gasteiger charge is 2.31. The van der Waals surface area contributed by atoms with E-state index in [0.29, 0.717) is 10.8 Å². The van der Waals surface area contributed by atoms with E-state index in [9.17, 15) is 23.1 Å². The van der Waals surface area contributed by atoms with Gasteiger partial charge >= 0.3 is 5.97 Å². The highest BCUT2D eigenvalue weighted by molar-refractivity contribution is 7.93. The number of carbonyl (C=O) groups is 2. The molecular weight excluding hydrogens is 523 g/mol. The molecule has 0 bridgehead atoms. The molecule has 0 saturated heterocycles. The second-order valence-electron chi connectivity index (χ2n) is 7.96. The quantitative estimate of drug-likeness (QED) is 0.271. The lowest BCUT2D eigenvalue weighted by Gasteiger charge is -2.27. The summed E-state index contributed by atoms with van der Waals surface area (Å²) in [5.41, 5.74) is 3.03. The van der Waals surface area contributed by atoms with Gasteiger partial charge in [0.15, 0.2) is 0 Å². The first kappa shape index (κ1) is 25.5. The van der Waals surface area contributed by atoms with Crippen LogP contribution in [-0.2, 0) is 19.6 Å². The van der Waals surface area contributed by atoms with E-state index in [-0.39, 0.29) is 26.3 Å². The highest BCUT2D eigenvalue weighted by Crippen LogP contribution is 2.38. The van der Waals surface area contributed by atoms with Crippen molar-refractivity contribution in [1.82, 2.24) is 0 Å². The van der Waals surface area contributed by atoms with Gasteiger partial charge in [-0.2, -0.15) is 0 Å². The summed E-state index contributed by atoms with van der Waals surface area (Å²) in [6.45, 7) is 0.388. The minimum Gasteiger partial charge on any atom is -0.480 e. The fourth-order valence-electron chi connectivity index (χ4n) is 3.70. The van der Waals surface area contributed by atoms with Gasteiger partial charge in [0.05, 0.1) is 16.3 Å². The van der Waals surface area contributed by atoms with Crippen LogP contribution in [0.2, 0.25) is 10.0 Å². The molecule has 7 nitrogen and oxygen atoms in total. The van der Waals surface area contributed by atoms with Gasteiger partial charge in [-0.1, -0.05) is 71.7 Å². The zero-order chi connectivity index (χ0) is 26.0. The van der Waals surface area contributed by atoms with Crippen molar-refractivity contribution < 1.29 is 23.1 Å². The number of amides is 1. The van der Waals surface area contributed by atoms with Crippen molar-refractivity contribution in [2.45, 2.75) is 11.8 Å². The molecule has 1 amide bonds.